The van der Waals surface area contributed by atoms with Crippen molar-refractivity contribution in [3.63, 3.8) is 0 Å². The Bertz CT molecular complexity index is 699. The van der Waals surface area contributed by atoms with Crippen LogP contribution < -0.4 is 10.2 Å². The first-order valence-corrected chi connectivity index (χ1v) is 8.77. The molecule has 0 bridgehead atoms. The Hall–Kier alpha value is -1.85. The first kappa shape index (κ1) is 18.0. The summed E-state index contributed by atoms with van der Waals surface area (Å²) in [5, 5.41) is 3.12. The number of aromatic nitrogens is 2. The van der Waals surface area contributed by atoms with E-state index in [1.54, 1.807) is 0 Å². The summed E-state index contributed by atoms with van der Waals surface area (Å²) >= 11 is 0. The lowest BCUT2D eigenvalue weighted by molar-refractivity contribution is 0.122. The quantitative estimate of drug-likeness (QED) is 0.905. The second-order valence-corrected chi connectivity index (χ2v) is 6.61. The summed E-state index contributed by atoms with van der Waals surface area (Å²) in [6.45, 7) is 3.47. The average Bonchev–Trinajstić information content (AvgIpc) is 2.62. The zero-order valence-corrected chi connectivity index (χ0v) is 15.3. The van der Waals surface area contributed by atoms with Crippen LogP contribution >= 0.6 is 12.4 Å². The fourth-order valence-corrected chi connectivity index (χ4v) is 3.60. The van der Waals surface area contributed by atoms with Crippen LogP contribution in [0.5, 0.6) is 0 Å². The van der Waals surface area contributed by atoms with Gasteiger partial charge in [0, 0.05) is 37.9 Å². The fraction of sp³-hybridized carbons (Fsp3) is 0.474. The summed E-state index contributed by atoms with van der Waals surface area (Å²) in [7, 11) is 1.91. The van der Waals surface area contributed by atoms with Crippen LogP contribution in [-0.4, -0.2) is 43.3 Å². The molecule has 6 heteroatoms. The van der Waals surface area contributed by atoms with Gasteiger partial charge in [-0.15, -0.1) is 12.4 Å². The third kappa shape index (κ3) is 3.88. The maximum Gasteiger partial charge on any atom is 0.128 e. The molecule has 1 saturated carbocycles. The molecule has 4 rings (SSSR count). The van der Waals surface area contributed by atoms with Crippen molar-refractivity contribution in [2.45, 2.75) is 24.7 Å². The molecule has 3 heterocycles. The van der Waals surface area contributed by atoms with Gasteiger partial charge in [0.15, 0.2) is 0 Å². The minimum absolute atomic E-state index is 0. The molecule has 2 aromatic rings. The third-order valence-electron chi connectivity index (χ3n) is 5.16. The van der Waals surface area contributed by atoms with E-state index in [1.165, 1.54) is 24.1 Å². The minimum Gasteiger partial charge on any atom is -0.378 e. The fourth-order valence-electron chi connectivity index (χ4n) is 3.60. The molecule has 0 aromatic carbocycles. The lowest BCUT2D eigenvalue weighted by Crippen LogP contribution is -2.37. The molecule has 134 valence electrons. The minimum atomic E-state index is 0. The molecule has 0 spiro atoms. The first-order chi connectivity index (χ1) is 11.8. The molecule has 0 radical (unpaired) electrons. The number of hydrogen-bond acceptors (Lipinski definition) is 5. The maximum atomic E-state index is 5.43. The topological polar surface area (TPSA) is 50.3 Å². The Morgan fingerprint density at radius 2 is 1.92 bits per heavy atom. The molecule has 0 atom stereocenters. The van der Waals surface area contributed by atoms with Crippen LogP contribution in [0.3, 0.4) is 0 Å². The Balaban J connectivity index is 0.00000182. The smallest absolute Gasteiger partial charge is 0.128 e. The first-order valence-electron chi connectivity index (χ1n) is 8.77. The molecule has 1 aliphatic heterocycles. The maximum absolute atomic E-state index is 5.43. The van der Waals surface area contributed by atoms with Crippen molar-refractivity contribution in [2.24, 2.45) is 0 Å². The highest BCUT2D eigenvalue weighted by Gasteiger charge is 2.32. The molecule has 2 aliphatic rings. The monoisotopic (exact) mass is 360 g/mol. The highest BCUT2D eigenvalue weighted by Crippen LogP contribution is 2.47. The van der Waals surface area contributed by atoms with Crippen molar-refractivity contribution in [1.29, 1.82) is 0 Å². The summed E-state index contributed by atoms with van der Waals surface area (Å²) in [5.74, 6) is 3.24. The van der Waals surface area contributed by atoms with Gasteiger partial charge < -0.3 is 15.0 Å². The standard InChI is InChI=1S/C19H24N4O.ClH/c1-20-18-13-14(5-6-21-18)15-11-16(12-15)17-3-2-4-19(22-17)23-7-9-24-10-8-23;/h2-6,13,15-16H,7-12H2,1H3,(H,20,21);1H. The molecule has 1 aliphatic carbocycles. The second-order valence-electron chi connectivity index (χ2n) is 6.61. The number of rotatable bonds is 4. The molecule has 1 saturated heterocycles. The van der Waals surface area contributed by atoms with E-state index in [2.05, 4.69) is 45.5 Å². The molecule has 1 N–H and O–H groups in total. The summed E-state index contributed by atoms with van der Waals surface area (Å²) in [5.41, 5.74) is 2.62. The molecular formula is C19H25ClN4O. The molecular weight excluding hydrogens is 336 g/mol. The lowest BCUT2D eigenvalue weighted by atomic mass is 9.70. The van der Waals surface area contributed by atoms with Crippen LogP contribution in [0.15, 0.2) is 36.5 Å². The number of anilines is 2. The van der Waals surface area contributed by atoms with E-state index in [0.717, 1.165) is 37.9 Å². The van der Waals surface area contributed by atoms with Crippen molar-refractivity contribution in [3.05, 3.63) is 47.8 Å². The number of hydrogen-bond donors (Lipinski definition) is 1. The van der Waals surface area contributed by atoms with E-state index >= 15 is 0 Å². The van der Waals surface area contributed by atoms with Crippen molar-refractivity contribution in [1.82, 2.24) is 9.97 Å². The number of halogens is 1. The zero-order chi connectivity index (χ0) is 16.4. The van der Waals surface area contributed by atoms with Crippen LogP contribution in [-0.2, 0) is 4.74 Å². The van der Waals surface area contributed by atoms with Gasteiger partial charge in [0.1, 0.15) is 11.6 Å². The van der Waals surface area contributed by atoms with E-state index in [0.29, 0.717) is 11.8 Å². The van der Waals surface area contributed by atoms with Gasteiger partial charge in [-0.05, 0) is 48.6 Å². The van der Waals surface area contributed by atoms with Gasteiger partial charge in [0.2, 0.25) is 0 Å². The Kier molecular flexibility index (Phi) is 5.76. The van der Waals surface area contributed by atoms with Crippen LogP contribution in [0.25, 0.3) is 0 Å². The second kappa shape index (κ2) is 8.02. The Morgan fingerprint density at radius 1 is 1.12 bits per heavy atom. The molecule has 0 amide bonds. The molecule has 0 unspecified atom stereocenters. The van der Waals surface area contributed by atoms with E-state index in [4.69, 9.17) is 9.72 Å². The van der Waals surface area contributed by atoms with Gasteiger partial charge in [-0.1, -0.05) is 6.07 Å². The van der Waals surface area contributed by atoms with Gasteiger partial charge in [-0.25, -0.2) is 9.97 Å². The van der Waals surface area contributed by atoms with Gasteiger partial charge in [-0.2, -0.15) is 0 Å². The van der Waals surface area contributed by atoms with Gasteiger partial charge in [-0.3, -0.25) is 0 Å². The molecule has 25 heavy (non-hydrogen) atoms. The van der Waals surface area contributed by atoms with Gasteiger partial charge >= 0.3 is 0 Å². The number of pyridine rings is 2. The molecule has 5 nitrogen and oxygen atoms in total. The highest BCUT2D eigenvalue weighted by molar-refractivity contribution is 5.85. The van der Waals surface area contributed by atoms with Crippen molar-refractivity contribution in [3.8, 4) is 0 Å². The number of nitrogens with zero attached hydrogens (tertiary/aromatic N) is 3. The van der Waals surface area contributed by atoms with E-state index in [-0.39, 0.29) is 12.4 Å². The van der Waals surface area contributed by atoms with Crippen LogP contribution in [0.4, 0.5) is 11.6 Å². The number of nitrogens with one attached hydrogen (secondary N) is 1. The number of morpholine rings is 1. The van der Waals surface area contributed by atoms with E-state index in [9.17, 15) is 0 Å². The van der Waals surface area contributed by atoms with Gasteiger partial charge in [0.05, 0.1) is 13.2 Å². The lowest BCUT2D eigenvalue weighted by Gasteiger charge is -2.36. The molecule has 2 fully saturated rings. The summed E-state index contributed by atoms with van der Waals surface area (Å²) in [6.07, 6.45) is 4.24. The Morgan fingerprint density at radius 3 is 2.68 bits per heavy atom. The normalized spacial score (nSPS) is 22.7. The van der Waals surface area contributed by atoms with Crippen LogP contribution in [0, 0.1) is 0 Å². The van der Waals surface area contributed by atoms with E-state index in [1.807, 2.05) is 13.2 Å². The highest BCUT2D eigenvalue weighted by atomic mass is 35.5. The summed E-state index contributed by atoms with van der Waals surface area (Å²) in [4.78, 5) is 11.6. The number of ether oxygens (including phenoxy) is 1. The SMILES string of the molecule is CNc1cc(C2CC(c3cccc(N4CCOCC4)n3)C2)ccn1.Cl. The van der Waals surface area contributed by atoms with Crippen molar-refractivity contribution >= 4 is 24.0 Å². The zero-order valence-electron chi connectivity index (χ0n) is 14.5. The average molecular weight is 361 g/mol. The Labute approximate surface area is 155 Å². The van der Waals surface area contributed by atoms with Crippen molar-refractivity contribution < 1.29 is 4.74 Å². The van der Waals surface area contributed by atoms with Gasteiger partial charge in [0.25, 0.3) is 0 Å². The molecule has 2 aromatic heterocycles. The van der Waals surface area contributed by atoms with Crippen LogP contribution in [0.1, 0.15) is 35.9 Å². The van der Waals surface area contributed by atoms with Crippen LogP contribution in [0.2, 0.25) is 0 Å². The third-order valence-corrected chi connectivity index (χ3v) is 5.16. The predicted molar refractivity (Wildman–Crippen MR) is 103 cm³/mol. The van der Waals surface area contributed by atoms with E-state index < -0.39 is 0 Å². The summed E-state index contributed by atoms with van der Waals surface area (Å²) < 4.78 is 5.43. The van der Waals surface area contributed by atoms with Crippen molar-refractivity contribution in [2.75, 3.05) is 43.6 Å². The predicted octanol–water partition coefficient (Wildman–Crippen LogP) is 3.44. The largest absolute Gasteiger partial charge is 0.378 e. The summed E-state index contributed by atoms with van der Waals surface area (Å²) in [6, 6.07) is 10.7.